The maximum absolute atomic E-state index is 11.4. The largest absolute Gasteiger partial charge is 0.492 e. The SMILES string of the molecule is CN(C)CCOc1ccc(/C=C/c2cc(-c3cc4cnc(=O)[nH]c4[nH]3)ccn2)cc1. The standard InChI is InChI=1S/C23H23N5O2/c1-28(2)11-12-30-20-7-4-16(5-8-20)3-6-19-13-17(9-10-24-19)21-14-18-15-25-23(29)27-22(18)26-21/h3-10,13-15H,11-12H2,1-2H3,(H2,25,26,27,29)/b6-3+. The highest BCUT2D eigenvalue weighted by atomic mass is 16.5. The van der Waals surface area contributed by atoms with E-state index in [1.807, 2.05) is 68.7 Å². The first-order valence-corrected chi connectivity index (χ1v) is 9.67. The Morgan fingerprint density at radius 3 is 2.67 bits per heavy atom. The number of H-pyrrole nitrogens is 2. The molecular formula is C23H23N5O2. The van der Waals surface area contributed by atoms with E-state index in [0.717, 1.165) is 40.2 Å². The van der Waals surface area contributed by atoms with E-state index in [1.54, 1.807) is 12.4 Å². The van der Waals surface area contributed by atoms with E-state index >= 15 is 0 Å². The van der Waals surface area contributed by atoms with E-state index in [2.05, 4.69) is 24.8 Å². The number of nitrogens with zero attached hydrogens (tertiary/aromatic N) is 3. The number of aromatic amines is 2. The van der Waals surface area contributed by atoms with E-state index in [1.165, 1.54) is 0 Å². The fourth-order valence-corrected chi connectivity index (χ4v) is 3.01. The summed E-state index contributed by atoms with van der Waals surface area (Å²) in [6.07, 6.45) is 7.31. The Labute approximate surface area is 174 Å². The molecule has 7 nitrogen and oxygen atoms in total. The minimum absolute atomic E-state index is 0.372. The summed E-state index contributed by atoms with van der Waals surface area (Å²) in [5.74, 6) is 0.862. The van der Waals surface area contributed by atoms with Gasteiger partial charge in [0.1, 0.15) is 18.0 Å². The Morgan fingerprint density at radius 1 is 1.03 bits per heavy atom. The molecule has 30 heavy (non-hydrogen) atoms. The van der Waals surface area contributed by atoms with Crippen LogP contribution in [0.2, 0.25) is 0 Å². The molecule has 4 aromatic rings. The predicted molar refractivity (Wildman–Crippen MR) is 119 cm³/mol. The number of hydrogen-bond donors (Lipinski definition) is 2. The number of benzene rings is 1. The van der Waals surface area contributed by atoms with E-state index < -0.39 is 0 Å². The molecule has 0 atom stereocenters. The molecule has 0 saturated heterocycles. The van der Waals surface area contributed by atoms with Crippen LogP contribution in [0.3, 0.4) is 0 Å². The summed E-state index contributed by atoms with van der Waals surface area (Å²) in [5, 5.41) is 0.853. The van der Waals surface area contributed by atoms with Gasteiger partial charge in [-0.15, -0.1) is 0 Å². The molecule has 0 spiro atoms. The molecule has 0 bridgehead atoms. The summed E-state index contributed by atoms with van der Waals surface area (Å²) < 4.78 is 5.72. The molecule has 152 valence electrons. The molecule has 0 saturated carbocycles. The van der Waals surface area contributed by atoms with Crippen molar-refractivity contribution in [1.29, 1.82) is 0 Å². The van der Waals surface area contributed by atoms with Crippen LogP contribution in [0.4, 0.5) is 0 Å². The highest BCUT2D eigenvalue weighted by Crippen LogP contribution is 2.23. The fourth-order valence-electron chi connectivity index (χ4n) is 3.01. The van der Waals surface area contributed by atoms with Crippen molar-refractivity contribution in [2.24, 2.45) is 0 Å². The quantitative estimate of drug-likeness (QED) is 0.495. The van der Waals surface area contributed by atoms with E-state index in [9.17, 15) is 4.79 Å². The summed E-state index contributed by atoms with van der Waals surface area (Å²) in [4.78, 5) is 27.6. The van der Waals surface area contributed by atoms with Gasteiger partial charge < -0.3 is 14.6 Å². The maximum Gasteiger partial charge on any atom is 0.346 e. The zero-order valence-electron chi connectivity index (χ0n) is 16.9. The summed E-state index contributed by atoms with van der Waals surface area (Å²) in [6, 6.07) is 13.9. The van der Waals surface area contributed by atoms with Crippen LogP contribution in [0.5, 0.6) is 5.75 Å². The van der Waals surface area contributed by atoms with Crippen molar-refractivity contribution in [3.05, 3.63) is 76.6 Å². The maximum atomic E-state index is 11.4. The van der Waals surface area contributed by atoms with Crippen molar-refractivity contribution in [1.82, 2.24) is 24.8 Å². The number of nitrogens with one attached hydrogen (secondary N) is 2. The van der Waals surface area contributed by atoms with Crippen LogP contribution in [-0.2, 0) is 0 Å². The summed E-state index contributed by atoms with van der Waals surface area (Å²) >= 11 is 0. The Morgan fingerprint density at radius 2 is 1.87 bits per heavy atom. The fraction of sp³-hybridized carbons (Fsp3) is 0.174. The summed E-state index contributed by atoms with van der Waals surface area (Å²) in [7, 11) is 4.05. The molecule has 0 unspecified atom stereocenters. The molecule has 3 aromatic heterocycles. The van der Waals surface area contributed by atoms with Crippen LogP contribution in [-0.4, -0.2) is 52.1 Å². The van der Waals surface area contributed by atoms with Gasteiger partial charge in [-0.3, -0.25) is 9.97 Å². The minimum Gasteiger partial charge on any atom is -0.492 e. The van der Waals surface area contributed by atoms with Crippen molar-refractivity contribution in [2.45, 2.75) is 0 Å². The van der Waals surface area contributed by atoms with Crippen LogP contribution < -0.4 is 10.4 Å². The van der Waals surface area contributed by atoms with E-state index in [4.69, 9.17) is 4.74 Å². The lowest BCUT2D eigenvalue weighted by molar-refractivity contribution is 0.261. The number of hydrogen-bond acceptors (Lipinski definition) is 5. The van der Waals surface area contributed by atoms with Crippen molar-refractivity contribution < 1.29 is 4.74 Å². The van der Waals surface area contributed by atoms with Gasteiger partial charge in [-0.25, -0.2) is 9.78 Å². The van der Waals surface area contributed by atoms with Gasteiger partial charge in [0.2, 0.25) is 0 Å². The number of fused-ring (bicyclic) bond motifs is 1. The van der Waals surface area contributed by atoms with Gasteiger partial charge in [-0.2, -0.15) is 0 Å². The van der Waals surface area contributed by atoms with Gasteiger partial charge in [-0.1, -0.05) is 18.2 Å². The lowest BCUT2D eigenvalue weighted by Crippen LogP contribution is -2.19. The van der Waals surface area contributed by atoms with Gasteiger partial charge in [0.15, 0.2) is 0 Å². The zero-order valence-corrected chi connectivity index (χ0v) is 16.9. The molecule has 0 aliphatic heterocycles. The third kappa shape index (κ3) is 4.82. The van der Waals surface area contributed by atoms with Crippen LogP contribution in [0.15, 0.2) is 59.7 Å². The number of aromatic nitrogens is 4. The third-order valence-electron chi connectivity index (χ3n) is 4.63. The van der Waals surface area contributed by atoms with E-state index in [0.29, 0.717) is 12.3 Å². The van der Waals surface area contributed by atoms with Crippen LogP contribution >= 0.6 is 0 Å². The molecule has 0 amide bonds. The van der Waals surface area contributed by atoms with Crippen LogP contribution in [0, 0.1) is 0 Å². The molecule has 0 aliphatic carbocycles. The average molecular weight is 401 g/mol. The molecule has 0 aliphatic rings. The molecule has 4 rings (SSSR count). The van der Waals surface area contributed by atoms with E-state index in [-0.39, 0.29) is 5.69 Å². The molecule has 7 heteroatoms. The Kier molecular flexibility index (Phi) is 5.72. The first kappa shape index (κ1) is 19.6. The van der Waals surface area contributed by atoms with Gasteiger partial charge in [0.25, 0.3) is 0 Å². The Bertz CT molecular complexity index is 1220. The number of rotatable bonds is 7. The van der Waals surface area contributed by atoms with Crippen molar-refractivity contribution in [3.8, 4) is 17.0 Å². The summed E-state index contributed by atoms with van der Waals surface area (Å²) in [5.41, 5.74) is 4.06. The zero-order chi connectivity index (χ0) is 20.9. The van der Waals surface area contributed by atoms with Gasteiger partial charge in [0, 0.05) is 35.6 Å². The van der Waals surface area contributed by atoms with Gasteiger partial charge in [0.05, 0.1) is 5.69 Å². The third-order valence-corrected chi connectivity index (χ3v) is 4.63. The number of ether oxygens (including phenoxy) is 1. The molecule has 1 aromatic carbocycles. The van der Waals surface area contributed by atoms with Gasteiger partial charge in [-0.05, 0) is 56.1 Å². The number of likely N-dealkylation sites (N-methyl/N-ethyl adjacent to an activating group) is 1. The molecule has 3 heterocycles. The second-order valence-electron chi connectivity index (χ2n) is 7.23. The van der Waals surface area contributed by atoms with Crippen molar-refractivity contribution in [3.63, 3.8) is 0 Å². The molecule has 2 N–H and O–H groups in total. The first-order valence-electron chi connectivity index (χ1n) is 9.67. The molecule has 0 radical (unpaired) electrons. The predicted octanol–water partition coefficient (Wildman–Crippen LogP) is 3.42. The summed E-state index contributed by atoms with van der Waals surface area (Å²) in [6.45, 7) is 1.54. The number of pyridine rings is 1. The molecule has 0 fully saturated rings. The van der Waals surface area contributed by atoms with Crippen molar-refractivity contribution in [2.75, 3.05) is 27.2 Å². The lowest BCUT2D eigenvalue weighted by atomic mass is 10.1. The topological polar surface area (TPSA) is 86.9 Å². The van der Waals surface area contributed by atoms with Crippen molar-refractivity contribution >= 4 is 23.2 Å². The first-order chi connectivity index (χ1) is 14.6. The second kappa shape index (κ2) is 8.75. The second-order valence-corrected chi connectivity index (χ2v) is 7.23. The normalized spacial score (nSPS) is 11.6. The lowest BCUT2D eigenvalue weighted by Gasteiger charge is -2.10. The van der Waals surface area contributed by atoms with Crippen LogP contribution in [0.25, 0.3) is 34.4 Å². The monoisotopic (exact) mass is 401 g/mol. The van der Waals surface area contributed by atoms with Crippen LogP contribution in [0.1, 0.15) is 11.3 Å². The van der Waals surface area contributed by atoms with Gasteiger partial charge >= 0.3 is 5.69 Å². The molecular weight excluding hydrogens is 378 g/mol. The Balaban J connectivity index is 1.47. The Hall–Kier alpha value is -3.71. The highest BCUT2D eigenvalue weighted by Gasteiger charge is 2.05. The highest BCUT2D eigenvalue weighted by molar-refractivity contribution is 5.82. The smallest absolute Gasteiger partial charge is 0.346 e. The average Bonchev–Trinajstić information content (AvgIpc) is 3.16. The minimum atomic E-state index is -0.372.